The Morgan fingerprint density at radius 3 is 2.91 bits per heavy atom. The molecule has 5 heteroatoms. The van der Waals surface area contributed by atoms with Crippen LogP contribution < -0.4 is 11.5 Å². The summed E-state index contributed by atoms with van der Waals surface area (Å²) in [6.07, 6.45) is 11.8. The molecule has 2 heterocycles. The van der Waals surface area contributed by atoms with E-state index in [4.69, 9.17) is 11.5 Å². The van der Waals surface area contributed by atoms with E-state index in [2.05, 4.69) is 34.0 Å². The average Bonchev–Trinajstić information content (AvgIpc) is 2.94. The van der Waals surface area contributed by atoms with Crippen molar-refractivity contribution in [1.29, 1.82) is 0 Å². The fraction of sp³-hybridized carbons (Fsp3) is 0.529. The van der Waals surface area contributed by atoms with Crippen molar-refractivity contribution in [3.8, 4) is 0 Å². The van der Waals surface area contributed by atoms with E-state index < -0.39 is 0 Å². The van der Waals surface area contributed by atoms with Gasteiger partial charge in [0.2, 0.25) is 0 Å². The molecular weight excluding hydrogens is 274 g/mol. The van der Waals surface area contributed by atoms with Gasteiger partial charge in [-0.2, -0.15) is 0 Å². The quantitative estimate of drug-likeness (QED) is 0.834. The molecule has 120 valence electrons. The molecule has 5 nitrogen and oxygen atoms in total. The van der Waals surface area contributed by atoms with Crippen molar-refractivity contribution < 1.29 is 0 Å². The fourth-order valence-electron chi connectivity index (χ4n) is 3.06. The van der Waals surface area contributed by atoms with Crippen molar-refractivity contribution in [1.82, 2.24) is 4.90 Å². The van der Waals surface area contributed by atoms with Crippen LogP contribution in [0.2, 0.25) is 0 Å². The normalized spacial score (nSPS) is 32.5. The molecule has 0 bridgehead atoms. The topological polar surface area (TPSA) is 80.0 Å². The lowest BCUT2D eigenvalue weighted by Crippen LogP contribution is -2.30. The van der Waals surface area contributed by atoms with Crippen LogP contribution >= 0.6 is 0 Å². The Hall–Kier alpha value is -1.88. The maximum atomic E-state index is 6.22. The molecule has 1 saturated heterocycles. The number of likely N-dealkylation sites (tertiary alicyclic amines) is 1. The number of nitrogens with zero attached hydrogens (tertiary/aromatic N) is 3. The smallest absolute Gasteiger partial charge is 0.126 e. The summed E-state index contributed by atoms with van der Waals surface area (Å²) in [4.78, 5) is 11.1. The predicted octanol–water partition coefficient (Wildman–Crippen LogP) is 1.83. The van der Waals surface area contributed by atoms with Crippen molar-refractivity contribution in [3.05, 3.63) is 35.3 Å². The standard InChI is InChI=1S/C17H27N5/c1-3-5-15-14(4-2)16(22-11-7-13(18)12-22)6-8-20-9-10-21-17(15)19/h3,5-6,8,10,13-14H,4,7,9,11-12,18-19H2,1-2H3/b5-3-,16-6+,17-15-,20-8?,21-10?. The lowest BCUT2D eigenvalue weighted by molar-refractivity contribution is 0.371. The molecule has 0 aromatic carbocycles. The van der Waals surface area contributed by atoms with E-state index in [9.17, 15) is 0 Å². The van der Waals surface area contributed by atoms with Gasteiger partial charge >= 0.3 is 0 Å². The van der Waals surface area contributed by atoms with Crippen molar-refractivity contribution >= 4 is 12.4 Å². The molecule has 0 aromatic rings. The molecule has 2 atom stereocenters. The van der Waals surface area contributed by atoms with Crippen LogP contribution in [0.1, 0.15) is 26.7 Å². The van der Waals surface area contributed by atoms with E-state index in [0.29, 0.717) is 12.4 Å². The third-order valence-electron chi connectivity index (χ3n) is 4.14. The predicted molar refractivity (Wildman–Crippen MR) is 93.9 cm³/mol. The van der Waals surface area contributed by atoms with Crippen LogP contribution in [-0.2, 0) is 0 Å². The first-order chi connectivity index (χ1) is 10.7. The molecule has 0 aliphatic carbocycles. The number of rotatable bonds is 3. The van der Waals surface area contributed by atoms with Crippen molar-refractivity contribution in [2.24, 2.45) is 27.4 Å². The molecule has 2 aliphatic rings. The number of nitrogens with two attached hydrogens (primary N) is 2. The van der Waals surface area contributed by atoms with Gasteiger partial charge in [-0.1, -0.05) is 19.1 Å². The Labute approximate surface area is 133 Å². The highest BCUT2D eigenvalue weighted by molar-refractivity contribution is 5.75. The van der Waals surface area contributed by atoms with E-state index in [1.54, 1.807) is 6.21 Å². The second kappa shape index (κ2) is 7.94. The van der Waals surface area contributed by atoms with Gasteiger partial charge in [-0.3, -0.25) is 4.99 Å². The van der Waals surface area contributed by atoms with Gasteiger partial charge in [0, 0.05) is 48.7 Å². The van der Waals surface area contributed by atoms with Gasteiger partial charge in [0.25, 0.3) is 0 Å². The maximum absolute atomic E-state index is 6.22. The van der Waals surface area contributed by atoms with Crippen LogP contribution in [0, 0.1) is 5.92 Å². The van der Waals surface area contributed by atoms with Gasteiger partial charge in [-0.25, -0.2) is 4.99 Å². The molecule has 22 heavy (non-hydrogen) atoms. The van der Waals surface area contributed by atoms with Crippen LogP contribution in [0.5, 0.6) is 0 Å². The summed E-state index contributed by atoms with van der Waals surface area (Å²) in [6, 6.07) is 0.246. The minimum atomic E-state index is 0.211. The highest BCUT2D eigenvalue weighted by Crippen LogP contribution is 2.31. The van der Waals surface area contributed by atoms with Crippen LogP contribution in [0.4, 0.5) is 0 Å². The average molecular weight is 301 g/mol. The molecule has 2 unspecified atom stereocenters. The fourth-order valence-corrected chi connectivity index (χ4v) is 3.06. The van der Waals surface area contributed by atoms with E-state index in [1.165, 1.54) is 5.70 Å². The number of allylic oxidation sites excluding steroid dienone is 4. The molecule has 2 rings (SSSR count). The second-order valence-corrected chi connectivity index (χ2v) is 5.71. The number of aliphatic imine (C=N–C) groups is 2. The zero-order valence-corrected chi connectivity index (χ0v) is 13.6. The number of hydrogen-bond acceptors (Lipinski definition) is 5. The Morgan fingerprint density at radius 1 is 1.45 bits per heavy atom. The van der Waals surface area contributed by atoms with E-state index in [-0.39, 0.29) is 12.0 Å². The highest BCUT2D eigenvalue weighted by atomic mass is 15.2. The van der Waals surface area contributed by atoms with Gasteiger partial charge in [0.15, 0.2) is 0 Å². The molecule has 0 radical (unpaired) electrons. The maximum Gasteiger partial charge on any atom is 0.126 e. The summed E-state index contributed by atoms with van der Waals surface area (Å²) in [6.45, 7) is 6.61. The minimum absolute atomic E-state index is 0.211. The molecule has 0 aromatic heterocycles. The lowest BCUT2D eigenvalue weighted by atomic mass is 9.91. The van der Waals surface area contributed by atoms with Gasteiger partial charge in [0.1, 0.15) is 5.82 Å². The van der Waals surface area contributed by atoms with Crippen molar-refractivity contribution in [3.63, 3.8) is 0 Å². The summed E-state index contributed by atoms with van der Waals surface area (Å²) >= 11 is 0. The van der Waals surface area contributed by atoms with Crippen molar-refractivity contribution in [2.45, 2.75) is 32.7 Å². The van der Waals surface area contributed by atoms with Crippen LogP contribution in [-0.4, -0.2) is 43.0 Å². The number of hydrogen-bond donors (Lipinski definition) is 2. The Bertz CT molecular complexity index is 527. The molecule has 2 aliphatic heterocycles. The van der Waals surface area contributed by atoms with E-state index in [1.807, 2.05) is 19.2 Å². The van der Waals surface area contributed by atoms with Crippen LogP contribution in [0.15, 0.2) is 45.3 Å². The van der Waals surface area contributed by atoms with Gasteiger partial charge in [0.05, 0.1) is 6.54 Å². The third kappa shape index (κ3) is 3.85. The molecule has 0 saturated carbocycles. The zero-order valence-electron chi connectivity index (χ0n) is 13.6. The Morgan fingerprint density at radius 2 is 2.27 bits per heavy atom. The minimum Gasteiger partial charge on any atom is -0.383 e. The monoisotopic (exact) mass is 301 g/mol. The van der Waals surface area contributed by atoms with E-state index in [0.717, 1.165) is 31.5 Å². The van der Waals surface area contributed by atoms with Crippen LogP contribution in [0.25, 0.3) is 0 Å². The summed E-state index contributed by atoms with van der Waals surface area (Å²) < 4.78 is 0. The summed E-state index contributed by atoms with van der Waals surface area (Å²) in [7, 11) is 0. The Kier molecular flexibility index (Phi) is 5.95. The third-order valence-corrected chi connectivity index (χ3v) is 4.14. The first-order valence-electron chi connectivity index (χ1n) is 8.02. The molecule has 4 N–H and O–H groups in total. The van der Waals surface area contributed by atoms with Crippen molar-refractivity contribution in [2.75, 3.05) is 19.6 Å². The van der Waals surface area contributed by atoms with Gasteiger partial charge < -0.3 is 16.4 Å². The summed E-state index contributed by atoms with van der Waals surface area (Å²) in [5.74, 6) is 0.791. The largest absolute Gasteiger partial charge is 0.383 e. The summed E-state index contributed by atoms with van der Waals surface area (Å²) in [5.41, 5.74) is 14.6. The van der Waals surface area contributed by atoms with Crippen LogP contribution in [0.3, 0.4) is 0 Å². The Balaban J connectivity index is 2.44. The van der Waals surface area contributed by atoms with E-state index >= 15 is 0 Å². The molecule has 0 amide bonds. The van der Waals surface area contributed by atoms with Gasteiger partial charge in [-0.15, -0.1) is 0 Å². The zero-order chi connectivity index (χ0) is 15.9. The second-order valence-electron chi connectivity index (χ2n) is 5.71. The lowest BCUT2D eigenvalue weighted by Gasteiger charge is -2.30. The summed E-state index contributed by atoms with van der Waals surface area (Å²) in [5, 5.41) is 0. The highest BCUT2D eigenvalue weighted by Gasteiger charge is 2.27. The molecule has 0 spiro atoms. The first-order valence-corrected chi connectivity index (χ1v) is 8.02. The van der Waals surface area contributed by atoms with Gasteiger partial charge in [-0.05, 0) is 25.8 Å². The SMILES string of the molecule is C/C=C\C1=C(/N)N=CCN=C/C=C(/N2CCC(N)C2)C1CC. The molecule has 1 fully saturated rings. The molecular formula is C17H27N5. The first kappa shape index (κ1) is 16.5.